The molecule has 2 heterocycles. The van der Waals surface area contributed by atoms with Crippen molar-refractivity contribution < 1.29 is 4.79 Å². The lowest BCUT2D eigenvalue weighted by atomic mass is 10.0. The van der Waals surface area contributed by atoms with Crippen LogP contribution in [0.4, 0.5) is 5.82 Å². The molecule has 1 amide bonds. The maximum absolute atomic E-state index is 13.7. The molecule has 1 fully saturated rings. The zero-order valence-electron chi connectivity index (χ0n) is 23.8. The molecule has 0 unspecified atom stereocenters. The lowest BCUT2D eigenvalue weighted by Crippen LogP contribution is -2.47. The summed E-state index contributed by atoms with van der Waals surface area (Å²) >= 11 is 0. The van der Waals surface area contributed by atoms with Crippen LogP contribution in [0.1, 0.15) is 73.6 Å². The molecule has 1 aliphatic rings. The van der Waals surface area contributed by atoms with Gasteiger partial charge in [0.2, 0.25) is 0 Å². The number of amides is 1. The van der Waals surface area contributed by atoms with Crippen LogP contribution in [0.2, 0.25) is 0 Å². The van der Waals surface area contributed by atoms with Crippen molar-refractivity contribution in [2.24, 2.45) is 0 Å². The first-order chi connectivity index (χ1) is 18.5. The quantitative estimate of drug-likeness (QED) is 0.273. The third-order valence-corrected chi connectivity index (χ3v) is 7.68. The summed E-state index contributed by atoms with van der Waals surface area (Å²) in [5.74, 6) is 1.23. The molecular formula is C32H45N5O. The third kappa shape index (κ3) is 6.65. The minimum absolute atomic E-state index is 0.0978. The average molecular weight is 516 g/mol. The Labute approximate surface area is 229 Å². The van der Waals surface area contributed by atoms with E-state index in [2.05, 4.69) is 78.6 Å². The van der Waals surface area contributed by atoms with Gasteiger partial charge >= 0.3 is 0 Å². The van der Waals surface area contributed by atoms with Crippen LogP contribution in [0, 0.1) is 6.92 Å². The van der Waals surface area contributed by atoms with E-state index in [4.69, 9.17) is 5.10 Å². The van der Waals surface area contributed by atoms with Gasteiger partial charge in [0, 0.05) is 43.9 Å². The molecular weight excluding hydrogens is 470 g/mol. The summed E-state index contributed by atoms with van der Waals surface area (Å²) in [6, 6.07) is 18.7. The van der Waals surface area contributed by atoms with Crippen LogP contribution in [-0.2, 0) is 13.0 Å². The molecule has 0 atom stereocenters. The molecule has 1 saturated heterocycles. The molecule has 6 heteroatoms. The van der Waals surface area contributed by atoms with Crippen molar-refractivity contribution in [2.45, 2.75) is 66.3 Å². The summed E-state index contributed by atoms with van der Waals surface area (Å²) in [5, 5.41) is 5.01. The standard InChI is InChI=1S/C32H45N5O/c1-5-8-10-13-27-16-18-28(19-17-27)32(38)36(20-6-2)25-30-26(4)33-37(29-14-11-9-12-15-29)31(30)35-23-21-34(7-3)22-24-35/h9,11-12,14-19H,5-8,10,13,20-25H2,1-4H3. The van der Waals surface area contributed by atoms with Crippen LogP contribution in [0.3, 0.4) is 0 Å². The Morgan fingerprint density at radius 2 is 1.61 bits per heavy atom. The molecule has 4 rings (SSSR count). The number of aromatic nitrogens is 2. The number of likely N-dealkylation sites (N-methyl/N-ethyl adjacent to an activating group) is 1. The fourth-order valence-corrected chi connectivity index (χ4v) is 5.37. The van der Waals surface area contributed by atoms with Crippen molar-refractivity contribution in [3.8, 4) is 5.69 Å². The zero-order valence-corrected chi connectivity index (χ0v) is 23.8. The number of carbonyl (C=O) groups is 1. The second-order valence-electron chi connectivity index (χ2n) is 10.4. The van der Waals surface area contributed by atoms with Crippen LogP contribution >= 0.6 is 0 Å². The maximum Gasteiger partial charge on any atom is 0.254 e. The number of rotatable bonds is 12. The summed E-state index contributed by atoms with van der Waals surface area (Å²) in [7, 11) is 0. The van der Waals surface area contributed by atoms with Crippen LogP contribution in [0.5, 0.6) is 0 Å². The molecule has 1 aliphatic heterocycles. The van der Waals surface area contributed by atoms with E-state index in [-0.39, 0.29) is 5.91 Å². The Hall–Kier alpha value is -3.12. The molecule has 0 saturated carbocycles. The molecule has 6 nitrogen and oxygen atoms in total. The highest BCUT2D eigenvalue weighted by Gasteiger charge is 2.27. The topological polar surface area (TPSA) is 44.6 Å². The molecule has 0 bridgehead atoms. The van der Waals surface area contributed by atoms with E-state index in [9.17, 15) is 4.79 Å². The van der Waals surface area contributed by atoms with Crippen LogP contribution in [0.25, 0.3) is 5.69 Å². The first kappa shape index (κ1) is 27.9. The average Bonchev–Trinajstić information content (AvgIpc) is 3.29. The number of para-hydroxylation sites is 1. The van der Waals surface area contributed by atoms with Gasteiger partial charge in [-0.3, -0.25) is 4.79 Å². The van der Waals surface area contributed by atoms with Crippen molar-refractivity contribution in [1.29, 1.82) is 0 Å². The van der Waals surface area contributed by atoms with Gasteiger partial charge in [0.05, 0.1) is 17.9 Å². The lowest BCUT2D eigenvalue weighted by molar-refractivity contribution is 0.0743. The minimum atomic E-state index is 0.0978. The van der Waals surface area contributed by atoms with Gasteiger partial charge in [-0.15, -0.1) is 0 Å². The van der Waals surface area contributed by atoms with E-state index < -0.39 is 0 Å². The highest BCUT2D eigenvalue weighted by molar-refractivity contribution is 5.94. The highest BCUT2D eigenvalue weighted by Crippen LogP contribution is 2.30. The van der Waals surface area contributed by atoms with Gasteiger partial charge in [-0.25, -0.2) is 4.68 Å². The number of unbranched alkanes of at least 4 members (excludes halogenated alkanes) is 2. The largest absolute Gasteiger partial charge is 0.354 e. The van der Waals surface area contributed by atoms with Crippen LogP contribution in [0.15, 0.2) is 54.6 Å². The summed E-state index contributed by atoms with van der Waals surface area (Å²) < 4.78 is 2.09. The first-order valence-electron chi connectivity index (χ1n) is 14.5. The minimum Gasteiger partial charge on any atom is -0.354 e. The van der Waals surface area contributed by atoms with Gasteiger partial charge in [-0.2, -0.15) is 5.10 Å². The molecule has 204 valence electrons. The van der Waals surface area contributed by atoms with Gasteiger partial charge in [0.25, 0.3) is 5.91 Å². The number of nitrogens with zero attached hydrogens (tertiary/aromatic N) is 5. The van der Waals surface area contributed by atoms with Gasteiger partial charge in [0.15, 0.2) is 0 Å². The first-order valence-corrected chi connectivity index (χ1v) is 14.5. The number of aryl methyl sites for hydroxylation is 2. The molecule has 1 aromatic heterocycles. The Bertz CT molecular complexity index is 1150. The fraction of sp³-hybridized carbons (Fsp3) is 0.500. The molecule has 0 spiro atoms. The van der Waals surface area contributed by atoms with Crippen molar-refractivity contribution in [2.75, 3.05) is 44.2 Å². The fourth-order valence-electron chi connectivity index (χ4n) is 5.37. The molecule has 38 heavy (non-hydrogen) atoms. The number of hydrogen-bond donors (Lipinski definition) is 0. The number of hydrogen-bond acceptors (Lipinski definition) is 4. The van der Waals surface area contributed by atoms with Crippen molar-refractivity contribution >= 4 is 11.7 Å². The smallest absolute Gasteiger partial charge is 0.254 e. The highest BCUT2D eigenvalue weighted by atomic mass is 16.2. The molecule has 0 N–H and O–H groups in total. The van der Waals surface area contributed by atoms with E-state index in [1.165, 1.54) is 24.8 Å². The van der Waals surface area contributed by atoms with E-state index >= 15 is 0 Å². The van der Waals surface area contributed by atoms with E-state index in [0.717, 1.165) is 80.4 Å². The van der Waals surface area contributed by atoms with Gasteiger partial charge in [-0.1, -0.05) is 63.9 Å². The normalized spacial score (nSPS) is 14.2. The number of carbonyl (C=O) groups excluding carboxylic acids is 1. The van der Waals surface area contributed by atoms with Crippen molar-refractivity contribution in [3.63, 3.8) is 0 Å². The molecule has 0 aliphatic carbocycles. The Morgan fingerprint density at radius 3 is 2.24 bits per heavy atom. The summed E-state index contributed by atoms with van der Waals surface area (Å²) in [6.07, 6.45) is 5.66. The number of benzene rings is 2. The van der Waals surface area contributed by atoms with E-state index in [1.54, 1.807) is 0 Å². The molecule has 2 aromatic carbocycles. The Kier molecular flexibility index (Phi) is 9.99. The second kappa shape index (κ2) is 13.6. The van der Waals surface area contributed by atoms with Crippen molar-refractivity contribution in [3.05, 3.63) is 77.0 Å². The maximum atomic E-state index is 13.7. The summed E-state index contributed by atoms with van der Waals surface area (Å²) in [5.41, 5.74) is 5.27. The van der Waals surface area contributed by atoms with Crippen LogP contribution in [-0.4, -0.2) is 64.8 Å². The monoisotopic (exact) mass is 515 g/mol. The Balaban J connectivity index is 1.62. The zero-order chi connectivity index (χ0) is 26.9. The number of piperazine rings is 1. The van der Waals surface area contributed by atoms with Crippen LogP contribution < -0.4 is 4.90 Å². The third-order valence-electron chi connectivity index (χ3n) is 7.68. The van der Waals surface area contributed by atoms with E-state index in [0.29, 0.717) is 6.54 Å². The molecule has 3 aromatic rings. The predicted molar refractivity (Wildman–Crippen MR) is 157 cm³/mol. The number of anilines is 1. The van der Waals surface area contributed by atoms with Gasteiger partial charge in [0.1, 0.15) is 5.82 Å². The van der Waals surface area contributed by atoms with Gasteiger partial charge < -0.3 is 14.7 Å². The van der Waals surface area contributed by atoms with E-state index in [1.807, 2.05) is 23.1 Å². The SMILES string of the molecule is CCCCCc1ccc(C(=O)N(CCC)Cc2c(C)nn(-c3ccccc3)c2N2CCN(CC)CC2)cc1. The summed E-state index contributed by atoms with van der Waals surface area (Å²) in [4.78, 5) is 20.7. The van der Waals surface area contributed by atoms with Crippen molar-refractivity contribution in [1.82, 2.24) is 19.6 Å². The second-order valence-corrected chi connectivity index (χ2v) is 10.4. The molecule has 0 radical (unpaired) electrons. The summed E-state index contributed by atoms with van der Waals surface area (Å²) in [6.45, 7) is 15.0. The lowest BCUT2D eigenvalue weighted by Gasteiger charge is -2.36. The predicted octanol–water partition coefficient (Wildman–Crippen LogP) is 6.11. The Morgan fingerprint density at radius 1 is 0.895 bits per heavy atom. The van der Waals surface area contributed by atoms with Gasteiger partial charge in [-0.05, 0) is 62.6 Å².